The fourth-order valence-corrected chi connectivity index (χ4v) is 2.55. The van der Waals surface area contributed by atoms with Gasteiger partial charge in [0, 0.05) is 25.0 Å². The van der Waals surface area contributed by atoms with Crippen LogP contribution in [-0.2, 0) is 6.54 Å². The summed E-state index contributed by atoms with van der Waals surface area (Å²) in [4.78, 5) is 4.41. The van der Waals surface area contributed by atoms with Crippen molar-refractivity contribution in [1.29, 1.82) is 0 Å². The summed E-state index contributed by atoms with van der Waals surface area (Å²) in [5.41, 5.74) is 2.29. The Balaban J connectivity index is 2.52. The van der Waals surface area contributed by atoms with Gasteiger partial charge >= 0.3 is 0 Å². The van der Waals surface area contributed by atoms with Gasteiger partial charge in [0.25, 0.3) is 0 Å². The molecule has 1 aromatic rings. The van der Waals surface area contributed by atoms with Crippen LogP contribution in [-0.4, -0.2) is 18.1 Å². The molecule has 0 aliphatic rings. The first-order valence-electron chi connectivity index (χ1n) is 7.94. The Hall–Kier alpha value is -1.09. The summed E-state index contributed by atoms with van der Waals surface area (Å²) >= 11 is 0. The Morgan fingerprint density at radius 3 is 2.45 bits per heavy atom. The highest BCUT2D eigenvalue weighted by atomic mass is 14.9. The molecule has 0 unspecified atom stereocenters. The maximum atomic E-state index is 4.41. The van der Waals surface area contributed by atoms with Gasteiger partial charge in [-0.15, -0.1) is 0 Å². The normalized spacial score (nSPS) is 11.6. The van der Waals surface area contributed by atoms with Gasteiger partial charge in [-0.2, -0.15) is 0 Å². The van der Waals surface area contributed by atoms with Crippen LogP contribution in [0.15, 0.2) is 18.3 Å². The number of nitrogens with zero attached hydrogens (tertiary/aromatic N) is 1. The van der Waals surface area contributed by atoms with E-state index in [1.807, 2.05) is 6.20 Å². The molecule has 0 fully saturated rings. The molecule has 2 N–H and O–H groups in total. The molecule has 0 bridgehead atoms. The second kappa shape index (κ2) is 8.96. The maximum absolute atomic E-state index is 4.41. The van der Waals surface area contributed by atoms with Crippen molar-refractivity contribution in [1.82, 2.24) is 10.3 Å². The number of pyridine rings is 1. The van der Waals surface area contributed by atoms with Gasteiger partial charge in [-0.1, -0.05) is 34.6 Å². The van der Waals surface area contributed by atoms with E-state index in [1.54, 1.807) is 0 Å². The Kier molecular flexibility index (Phi) is 7.60. The van der Waals surface area contributed by atoms with E-state index >= 15 is 0 Å². The smallest absolute Gasteiger partial charge is 0.0562 e. The molecule has 0 atom stereocenters. The summed E-state index contributed by atoms with van der Waals surface area (Å²) in [7, 11) is 0. The first-order chi connectivity index (χ1) is 9.54. The second-order valence-corrected chi connectivity index (χ2v) is 6.25. The molecule has 0 aliphatic heterocycles. The van der Waals surface area contributed by atoms with Gasteiger partial charge in [-0.25, -0.2) is 0 Å². The molecule has 1 rings (SSSR count). The van der Waals surface area contributed by atoms with Crippen molar-refractivity contribution in [3.05, 3.63) is 24.0 Å². The van der Waals surface area contributed by atoms with E-state index in [9.17, 15) is 0 Å². The highest BCUT2D eigenvalue weighted by Crippen LogP contribution is 2.21. The van der Waals surface area contributed by atoms with Gasteiger partial charge in [0.2, 0.25) is 0 Å². The zero-order chi connectivity index (χ0) is 15.0. The highest BCUT2D eigenvalue weighted by molar-refractivity contribution is 5.43. The summed E-state index contributed by atoms with van der Waals surface area (Å²) in [5.74, 6) is 2.11. The van der Waals surface area contributed by atoms with Gasteiger partial charge in [0.15, 0.2) is 0 Å². The Bertz CT molecular complexity index is 366. The molecule has 0 radical (unpaired) electrons. The van der Waals surface area contributed by atoms with E-state index in [1.165, 1.54) is 5.69 Å². The quantitative estimate of drug-likeness (QED) is 0.672. The lowest BCUT2D eigenvalue weighted by molar-refractivity contribution is 0.304. The van der Waals surface area contributed by atoms with E-state index in [4.69, 9.17) is 0 Å². The molecule has 0 saturated heterocycles. The van der Waals surface area contributed by atoms with Crippen molar-refractivity contribution >= 4 is 5.69 Å². The van der Waals surface area contributed by atoms with Gasteiger partial charge in [0.1, 0.15) is 0 Å². The lowest BCUT2D eigenvalue weighted by Gasteiger charge is -2.25. The molecular formula is C17H31N3. The molecule has 3 nitrogen and oxygen atoms in total. The lowest BCUT2D eigenvalue weighted by Crippen LogP contribution is -2.24. The minimum Gasteiger partial charge on any atom is -0.385 e. The topological polar surface area (TPSA) is 37.0 Å². The van der Waals surface area contributed by atoms with Gasteiger partial charge in [-0.05, 0) is 42.9 Å². The van der Waals surface area contributed by atoms with E-state index in [-0.39, 0.29) is 0 Å². The third-order valence-corrected chi connectivity index (χ3v) is 3.80. The number of hydrogen-bond donors (Lipinski definition) is 2. The first kappa shape index (κ1) is 17.0. The van der Waals surface area contributed by atoms with Crippen LogP contribution in [0.2, 0.25) is 0 Å². The van der Waals surface area contributed by atoms with E-state index in [0.29, 0.717) is 17.8 Å². The summed E-state index contributed by atoms with van der Waals surface area (Å²) < 4.78 is 0. The fraction of sp³-hybridized carbons (Fsp3) is 0.706. The average molecular weight is 277 g/mol. The summed E-state index contributed by atoms with van der Waals surface area (Å²) in [6, 6.07) is 4.21. The number of hydrogen-bond acceptors (Lipinski definition) is 3. The molecule has 0 aliphatic carbocycles. The summed E-state index contributed by atoms with van der Waals surface area (Å²) in [6.07, 6.45) is 3.05. The minimum absolute atomic E-state index is 0.699. The van der Waals surface area contributed by atoms with Crippen LogP contribution >= 0.6 is 0 Å². The van der Waals surface area contributed by atoms with Crippen LogP contribution < -0.4 is 10.6 Å². The van der Waals surface area contributed by atoms with Crippen LogP contribution in [0, 0.1) is 17.8 Å². The summed E-state index contributed by atoms with van der Waals surface area (Å²) in [5, 5.41) is 6.96. The summed E-state index contributed by atoms with van der Waals surface area (Å²) in [6.45, 7) is 14.3. The van der Waals surface area contributed by atoms with Crippen LogP contribution in [0.3, 0.4) is 0 Å². The van der Waals surface area contributed by atoms with Crippen molar-refractivity contribution in [3.63, 3.8) is 0 Å². The van der Waals surface area contributed by atoms with Gasteiger partial charge in [-0.3, -0.25) is 4.98 Å². The largest absolute Gasteiger partial charge is 0.385 e. The Morgan fingerprint density at radius 2 is 1.85 bits per heavy atom. The third-order valence-electron chi connectivity index (χ3n) is 3.80. The SMILES string of the molecule is CCCNCc1cc(NCC(C(C)C)C(C)C)ccn1. The average Bonchev–Trinajstić information content (AvgIpc) is 2.39. The van der Waals surface area contributed by atoms with E-state index < -0.39 is 0 Å². The lowest BCUT2D eigenvalue weighted by atomic mass is 9.85. The van der Waals surface area contributed by atoms with E-state index in [0.717, 1.165) is 31.7 Å². The monoisotopic (exact) mass is 277 g/mol. The van der Waals surface area contributed by atoms with E-state index in [2.05, 4.69) is 62.4 Å². The highest BCUT2D eigenvalue weighted by Gasteiger charge is 2.16. The maximum Gasteiger partial charge on any atom is 0.0562 e. The molecule has 1 aromatic heterocycles. The van der Waals surface area contributed by atoms with Crippen molar-refractivity contribution in [2.45, 2.75) is 47.6 Å². The molecule has 114 valence electrons. The number of anilines is 1. The third kappa shape index (κ3) is 5.91. The number of rotatable bonds is 9. The van der Waals surface area contributed by atoms with Crippen LogP contribution in [0.25, 0.3) is 0 Å². The predicted molar refractivity (Wildman–Crippen MR) is 87.9 cm³/mol. The molecule has 1 heterocycles. The minimum atomic E-state index is 0.699. The predicted octanol–water partition coefficient (Wildman–Crippen LogP) is 3.92. The molecule has 0 saturated carbocycles. The zero-order valence-corrected chi connectivity index (χ0v) is 13.7. The van der Waals surface area contributed by atoms with Crippen molar-refractivity contribution in [2.24, 2.45) is 17.8 Å². The molecular weight excluding hydrogens is 246 g/mol. The van der Waals surface area contributed by atoms with Crippen LogP contribution in [0.4, 0.5) is 5.69 Å². The van der Waals surface area contributed by atoms with Gasteiger partial charge < -0.3 is 10.6 Å². The Morgan fingerprint density at radius 1 is 1.15 bits per heavy atom. The second-order valence-electron chi connectivity index (χ2n) is 6.25. The Labute approximate surface area is 124 Å². The van der Waals surface area contributed by atoms with Crippen molar-refractivity contribution in [3.8, 4) is 0 Å². The van der Waals surface area contributed by atoms with Crippen molar-refractivity contribution in [2.75, 3.05) is 18.4 Å². The van der Waals surface area contributed by atoms with Crippen molar-refractivity contribution < 1.29 is 0 Å². The fourth-order valence-electron chi connectivity index (χ4n) is 2.55. The van der Waals surface area contributed by atoms with Crippen LogP contribution in [0.5, 0.6) is 0 Å². The van der Waals surface area contributed by atoms with Gasteiger partial charge in [0.05, 0.1) is 5.69 Å². The zero-order valence-electron chi connectivity index (χ0n) is 13.7. The standard InChI is InChI=1S/C17H31N3/c1-6-8-18-11-16-10-15(7-9-19-16)20-12-17(13(2)3)14(4)5/h7,9-10,13-14,17-18H,6,8,11-12H2,1-5H3,(H,19,20). The molecule has 0 amide bonds. The number of aromatic nitrogens is 1. The molecule has 0 aromatic carbocycles. The molecule has 20 heavy (non-hydrogen) atoms. The number of nitrogens with one attached hydrogen (secondary N) is 2. The molecule has 0 spiro atoms. The molecule has 3 heteroatoms. The van der Waals surface area contributed by atoms with Crippen LogP contribution in [0.1, 0.15) is 46.7 Å². The first-order valence-corrected chi connectivity index (χ1v) is 7.94.